The number of likely N-dealkylation sites (tertiary alicyclic amines) is 1. The summed E-state index contributed by atoms with van der Waals surface area (Å²) in [5.41, 5.74) is 4.30. The van der Waals surface area contributed by atoms with E-state index in [0.29, 0.717) is 12.3 Å². The molecule has 1 fully saturated rings. The third-order valence-electron chi connectivity index (χ3n) is 5.63. The normalized spacial score (nSPS) is 16.8. The second kappa shape index (κ2) is 7.18. The van der Waals surface area contributed by atoms with Gasteiger partial charge >= 0.3 is 0 Å². The van der Waals surface area contributed by atoms with Crippen molar-refractivity contribution in [3.05, 3.63) is 47.5 Å². The van der Waals surface area contributed by atoms with Crippen molar-refractivity contribution in [3.63, 3.8) is 0 Å². The van der Waals surface area contributed by atoms with Crippen LogP contribution in [-0.4, -0.2) is 43.6 Å². The van der Waals surface area contributed by atoms with Gasteiger partial charge in [-0.25, -0.2) is 4.98 Å². The quantitative estimate of drug-likeness (QED) is 0.766. The van der Waals surface area contributed by atoms with Crippen molar-refractivity contribution in [2.24, 2.45) is 0 Å². The molecule has 1 saturated heterocycles. The molecular formula is C21H27N5O. The minimum Gasteiger partial charge on any atom is -0.343 e. The number of H-pyrrole nitrogens is 1. The van der Waals surface area contributed by atoms with Crippen molar-refractivity contribution in [1.82, 2.24) is 24.6 Å². The van der Waals surface area contributed by atoms with Crippen molar-refractivity contribution in [2.75, 3.05) is 13.1 Å². The van der Waals surface area contributed by atoms with Crippen molar-refractivity contribution in [1.29, 1.82) is 0 Å². The van der Waals surface area contributed by atoms with Crippen LogP contribution in [0.5, 0.6) is 0 Å². The van der Waals surface area contributed by atoms with Gasteiger partial charge in [0.2, 0.25) is 5.91 Å². The maximum Gasteiger partial charge on any atom is 0.224 e. The first kappa shape index (κ1) is 17.8. The topological polar surface area (TPSA) is 66.8 Å². The Bertz CT molecular complexity index is 916. The van der Waals surface area contributed by atoms with Gasteiger partial charge in [-0.2, -0.15) is 5.10 Å². The first-order chi connectivity index (χ1) is 13.0. The summed E-state index contributed by atoms with van der Waals surface area (Å²) in [7, 11) is 0. The molecular weight excluding hydrogens is 338 g/mol. The fourth-order valence-corrected chi connectivity index (χ4v) is 4.20. The van der Waals surface area contributed by atoms with Gasteiger partial charge in [-0.15, -0.1) is 0 Å². The molecule has 0 bridgehead atoms. The van der Waals surface area contributed by atoms with E-state index < -0.39 is 0 Å². The number of hydrogen-bond donors (Lipinski definition) is 1. The summed E-state index contributed by atoms with van der Waals surface area (Å²) in [6, 6.07) is 8.40. The number of nitrogens with one attached hydrogen (secondary N) is 1. The standard InChI is InChI=1S/C21H27N5O/c1-14-11-15(2)26(24-14)16(3)12-20(27)25-9-6-17(7-10-25)19-13-18-5-4-8-22-21(18)23-19/h4-5,8,11,13,16-17H,6-7,9-10,12H2,1-3H3,(H,22,23)/t16-/m1/s1. The molecule has 1 aliphatic heterocycles. The molecule has 0 aromatic carbocycles. The highest BCUT2D eigenvalue weighted by molar-refractivity contribution is 5.77. The first-order valence-corrected chi connectivity index (χ1v) is 9.75. The number of aryl methyl sites for hydroxylation is 2. The zero-order chi connectivity index (χ0) is 19.0. The molecule has 142 valence electrons. The molecule has 0 radical (unpaired) electrons. The Morgan fingerprint density at radius 2 is 2.07 bits per heavy atom. The molecule has 6 heteroatoms. The lowest BCUT2D eigenvalue weighted by atomic mass is 9.93. The molecule has 0 aliphatic carbocycles. The molecule has 0 spiro atoms. The van der Waals surface area contributed by atoms with Crippen LogP contribution in [0.3, 0.4) is 0 Å². The Hall–Kier alpha value is -2.63. The van der Waals surface area contributed by atoms with Crippen molar-refractivity contribution in [2.45, 2.75) is 52.0 Å². The number of piperidine rings is 1. The smallest absolute Gasteiger partial charge is 0.224 e. The van der Waals surface area contributed by atoms with E-state index in [1.165, 1.54) is 5.69 Å². The van der Waals surface area contributed by atoms with Crippen LogP contribution in [0.1, 0.15) is 55.2 Å². The molecule has 3 aromatic heterocycles. The number of carbonyl (C=O) groups excluding carboxylic acids is 1. The number of pyridine rings is 1. The highest BCUT2D eigenvalue weighted by Gasteiger charge is 2.26. The lowest BCUT2D eigenvalue weighted by Gasteiger charge is -2.32. The lowest BCUT2D eigenvalue weighted by molar-refractivity contribution is -0.133. The SMILES string of the molecule is Cc1cc(C)n([C@H](C)CC(=O)N2CCC(c3cc4cccnc4[nH]3)CC2)n1. The van der Waals surface area contributed by atoms with E-state index in [2.05, 4.69) is 40.2 Å². The Morgan fingerprint density at radius 1 is 1.30 bits per heavy atom. The van der Waals surface area contributed by atoms with E-state index in [0.717, 1.165) is 48.4 Å². The van der Waals surface area contributed by atoms with Gasteiger partial charge in [-0.05, 0) is 57.9 Å². The number of aromatic nitrogens is 4. The molecule has 1 N–H and O–H groups in total. The van der Waals surface area contributed by atoms with E-state index in [4.69, 9.17) is 0 Å². The molecule has 3 aromatic rings. The average Bonchev–Trinajstić information content (AvgIpc) is 3.24. The molecule has 27 heavy (non-hydrogen) atoms. The molecule has 4 heterocycles. The van der Waals surface area contributed by atoms with Gasteiger partial charge in [-0.1, -0.05) is 0 Å². The molecule has 0 saturated carbocycles. The summed E-state index contributed by atoms with van der Waals surface area (Å²) < 4.78 is 1.97. The number of nitrogens with zero attached hydrogens (tertiary/aromatic N) is 4. The van der Waals surface area contributed by atoms with Crippen LogP contribution in [0.15, 0.2) is 30.5 Å². The van der Waals surface area contributed by atoms with Crippen LogP contribution in [0.2, 0.25) is 0 Å². The number of aromatic amines is 1. The summed E-state index contributed by atoms with van der Waals surface area (Å²) in [4.78, 5) is 22.6. The molecule has 0 unspecified atom stereocenters. The van der Waals surface area contributed by atoms with Crippen molar-refractivity contribution in [3.8, 4) is 0 Å². The maximum absolute atomic E-state index is 12.8. The van der Waals surface area contributed by atoms with E-state index in [1.807, 2.05) is 35.7 Å². The van der Waals surface area contributed by atoms with Crippen LogP contribution in [-0.2, 0) is 4.79 Å². The first-order valence-electron chi connectivity index (χ1n) is 9.75. The predicted octanol–water partition coefficient (Wildman–Crippen LogP) is 3.73. The summed E-state index contributed by atoms with van der Waals surface area (Å²) in [6.07, 6.45) is 4.30. The van der Waals surface area contributed by atoms with Gasteiger partial charge in [0.05, 0.1) is 11.7 Å². The predicted molar refractivity (Wildman–Crippen MR) is 106 cm³/mol. The largest absolute Gasteiger partial charge is 0.343 e. The van der Waals surface area contributed by atoms with Crippen LogP contribution in [0.25, 0.3) is 11.0 Å². The van der Waals surface area contributed by atoms with Crippen LogP contribution >= 0.6 is 0 Å². The monoisotopic (exact) mass is 365 g/mol. The van der Waals surface area contributed by atoms with E-state index in [1.54, 1.807) is 0 Å². The Kier molecular flexibility index (Phi) is 4.72. The molecule has 1 atom stereocenters. The molecule has 4 rings (SSSR count). The van der Waals surface area contributed by atoms with Gasteiger partial charge < -0.3 is 9.88 Å². The van der Waals surface area contributed by atoms with Crippen LogP contribution in [0, 0.1) is 13.8 Å². The number of amides is 1. The van der Waals surface area contributed by atoms with Gasteiger partial charge in [0.15, 0.2) is 0 Å². The minimum absolute atomic E-state index is 0.0868. The molecule has 1 aliphatic rings. The third kappa shape index (κ3) is 3.61. The summed E-state index contributed by atoms with van der Waals surface area (Å²) >= 11 is 0. The van der Waals surface area contributed by atoms with Gasteiger partial charge in [0.1, 0.15) is 5.65 Å². The average molecular weight is 365 g/mol. The minimum atomic E-state index is 0.0868. The van der Waals surface area contributed by atoms with Crippen LogP contribution in [0.4, 0.5) is 0 Å². The number of hydrogen-bond acceptors (Lipinski definition) is 3. The summed E-state index contributed by atoms with van der Waals surface area (Å²) in [5, 5.41) is 5.67. The number of fused-ring (bicyclic) bond motifs is 1. The Morgan fingerprint density at radius 3 is 2.74 bits per heavy atom. The number of rotatable bonds is 4. The summed E-state index contributed by atoms with van der Waals surface area (Å²) in [6.45, 7) is 7.73. The highest BCUT2D eigenvalue weighted by atomic mass is 16.2. The van der Waals surface area contributed by atoms with E-state index in [9.17, 15) is 4.79 Å². The van der Waals surface area contributed by atoms with Gasteiger partial charge in [-0.3, -0.25) is 9.48 Å². The number of carbonyl (C=O) groups is 1. The highest BCUT2D eigenvalue weighted by Crippen LogP contribution is 2.30. The second-order valence-electron chi connectivity index (χ2n) is 7.75. The fraction of sp³-hybridized carbons (Fsp3) is 0.476. The lowest BCUT2D eigenvalue weighted by Crippen LogP contribution is -2.38. The Balaban J connectivity index is 1.35. The van der Waals surface area contributed by atoms with Crippen LogP contribution < -0.4 is 0 Å². The Labute approximate surface area is 159 Å². The fourth-order valence-electron chi connectivity index (χ4n) is 4.20. The molecule has 1 amide bonds. The van der Waals surface area contributed by atoms with Crippen molar-refractivity contribution >= 4 is 16.9 Å². The summed E-state index contributed by atoms with van der Waals surface area (Å²) in [5.74, 6) is 0.698. The molecule has 6 nitrogen and oxygen atoms in total. The van der Waals surface area contributed by atoms with Crippen molar-refractivity contribution < 1.29 is 4.79 Å². The zero-order valence-electron chi connectivity index (χ0n) is 16.3. The van der Waals surface area contributed by atoms with E-state index in [-0.39, 0.29) is 11.9 Å². The third-order valence-corrected chi connectivity index (χ3v) is 5.63. The zero-order valence-corrected chi connectivity index (χ0v) is 16.3. The second-order valence-corrected chi connectivity index (χ2v) is 7.75. The van der Waals surface area contributed by atoms with Gasteiger partial charge in [0, 0.05) is 48.4 Å². The van der Waals surface area contributed by atoms with E-state index >= 15 is 0 Å². The van der Waals surface area contributed by atoms with Gasteiger partial charge in [0.25, 0.3) is 0 Å². The maximum atomic E-state index is 12.8.